The molecular formula is C17H16ClN5O2. The Morgan fingerprint density at radius 3 is 2.88 bits per heavy atom. The third-order valence-electron chi connectivity index (χ3n) is 4.91. The molecule has 0 spiro atoms. The van der Waals surface area contributed by atoms with Crippen LogP contribution in [0.5, 0.6) is 0 Å². The van der Waals surface area contributed by atoms with Gasteiger partial charge >= 0.3 is 0 Å². The van der Waals surface area contributed by atoms with Gasteiger partial charge in [0.1, 0.15) is 5.82 Å². The molecule has 2 atom stereocenters. The Hall–Kier alpha value is -2.38. The van der Waals surface area contributed by atoms with Crippen LogP contribution in [0.25, 0.3) is 5.52 Å². The summed E-state index contributed by atoms with van der Waals surface area (Å²) in [6, 6.07) is 7.63. The van der Waals surface area contributed by atoms with E-state index in [2.05, 4.69) is 15.4 Å². The average Bonchev–Trinajstić information content (AvgIpc) is 3.34. The molecule has 0 unspecified atom stereocenters. The number of nitrogens with zero attached hydrogens (tertiary/aromatic N) is 4. The average molecular weight is 358 g/mol. The maximum absolute atomic E-state index is 12.8. The number of fused-ring (bicyclic) bond motifs is 2. The van der Waals surface area contributed by atoms with E-state index in [1.54, 1.807) is 15.3 Å². The second kappa shape index (κ2) is 5.57. The molecule has 7 nitrogen and oxygen atoms in total. The first-order chi connectivity index (χ1) is 12.2. The molecule has 25 heavy (non-hydrogen) atoms. The van der Waals surface area contributed by atoms with Crippen molar-refractivity contribution in [1.82, 2.24) is 19.2 Å². The van der Waals surface area contributed by atoms with Crippen molar-refractivity contribution >= 4 is 23.1 Å². The van der Waals surface area contributed by atoms with E-state index in [1.165, 1.54) is 0 Å². The minimum atomic E-state index is -0.0772. The van der Waals surface area contributed by atoms with Gasteiger partial charge in [0.15, 0.2) is 5.52 Å². The van der Waals surface area contributed by atoms with Crippen LogP contribution in [-0.2, 0) is 11.3 Å². The van der Waals surface area contributed by atoms with Crippen LogP contribution in [-0.4, -0.2) is 32.4 Å². The summed E-state index contributed by atoms with van der Waals surface area (Å²) < 4.78 is 8.79. The Morgan fingerprint density at radius 1 is 1.28 bits per heavy atom. The van der Waals surface area contributed by atoms with Crippen molar-refractivity contribution in [3.05, 3.63) is 57.2 Å². The zero-order chi connectivity index (χ0) is 17.0. The van der Waals surface area contributed by atoms with Crippen LogP contribution in [0.3, 0.4) is 0 Å². The lowest BCUT2D eigenvalue weighted by atomic mass is 10.1. The van der Waals surface area contributed by atoms with Crippen LogP contribution in [0, 0.1) is 0 Å². The van der Waals surface area contributed by atoms with Gasteiger partial charge in [-0.05, 0) is 24.1 Å². The van der Waals surface area contributed by atoms with Gasteiger partial charge in [0, 0.05) is 17.5 Å². The highest BCUT2D eigenvalue weighted by Crippen LogP contribution is 2.29. The van der Waals surface area contributed by atoms with Crippen molar-refractivity contribution in [1.29, 1.82) is 0 Å². The molecule has 0 amide bonds. The first-order valence-electron chi connectivity index (χ1n) is 8.29. The summed E-state index contributed by atoms with van der Waals surface area (Å²) in [6.45, 7) is 1.88. The van der Waals surface area contributed by atoms with E-state index in [0.29, 0.717) is 29.6 Å². The number of hydrogen-bond acceptors (Lipinski definition) is 5. The largest absolute Gasteiger partial charge is 0.381 e. The van der Waals surface area contributed by atoms with Gasteiger partial charge in [0.25, 0.3) is 5.56 Å². The summed E-state index contributed by atoms with van der Waals surface area (Å²) in [4.78, 5) is 17.3. The number of imidazole rings is 1. The highest BCUT2D eigenvalue weighted by atomic mass is 35.5. The molecule has 2 aliphatic heterocycles. The number of hydrogen-bond donors (Lipinski definition) is 1. The lowest BCUT2D eigenvalue weighted by Crippen LogP contribution is -2.22. The Morgan fingerprint density at radius 2 is 2.12 bits per heavy atom. The number of ether oxygens (including phenoxy) is 1. The van der Waals surface area contributed by atoms with Crippen LogP contribution >= 0.6 is 11.6 Å². The third kappa shape index (κ3) is 2.34. The number of anilines is 1. The molecule has 1 fully saturated rings. The minimum Gasteiger partial charge on any atom is -0.381 e. The van der Waals surface area contributed by atoms with Gasteiger partial charge in [0.05, 0.1) is 25.4 Å². The number of benzene rings is 1. The smallest absolute Gasteiger partial charge is 0.281 e. The summed E-state index contributed by atoms with van der Waals surface area (Å²) >= 11 is 5.96. The maximum Gasteiger partial charge on any atom is 0.281 e. The van der Waals surface area contributed by atoms with E-state index in [1.807, 2.05) is 24.3 Å². The topological polar surface area (TPSA) is 73.4 Å². The van der Waals surface area contributed by atoms with Gasteiger partial charge in [-0.1, -0.05) is 23.7 Å². The first-order valence-corrected chi connectivity index (χ1v) is 8.67. The quantitative estimate of drug-likeness (QED) is 0.761. The fourth-order valence-corrected chi connectivity index (χ4v) is 3.68. The van der Waals surface area contributed by atoms with Gasteiger partial charge in [-0.25, -0.2) is 9.50 Å². The number of nitrogens with one attached hydrogen (secondary N) is 1. The normalized spacial score (nSPS) is 22.3. The summed E-state index contributed by atoms with van der Waals surface area (Å²) in [5.41, 5.74) is 1.50. The maximum atomic E-state index is 12.8. The van der Waals surface area contributed by atoms with Gasteiger partial charge in [-0.15, -0.1) is 5.10 Å². The van der Waals surface area contributed by atoms with Crippen LogP contribution in [0.4, 0.5) is 5.95 Å². The molecule has 5 rings (SSSR count). The van der Waals surface area contributed by atoms with E-state index < -0.39 is 0 Å². The highest BCUT2D eigenvalue weighted by Gasteiger charge is 2.28. The highest BCUT2D eigenvalue weighted by molar-refractivity contribution is 6.30. The van der Waals surface area contributed by atoms with Gasteiger partial charge in [-0.2, -0.15) is 0 Å². The predicted molar refractivity (Wildman–Crippen MR) is 93.2 cm³/mol. The molecular weight excluding hydrogens is 342 g/mol. The molecule has 0 bridgehead atoms. The van der Waals surface area contributed by atoms with E-state index >= 15 is 0 Å². The summed E-state index contributed by atoms with van der Waals surface area (Å²) in [5, 5.41) is 8.67. The van der Waals surface area contributed by atoms with E-state index in [0.717, 1.165) is 24.4 Å². The number of halogens is 1. The summed E-state index contributed by atoms with van der Waals surface area (Å²) in [6.07, 6.45) is 2.52. The van der Waals surface area contributed by atoms with E-state index in [9.17, 15) is 4.79 Å². The molecule has 1 N–H and O–H groups in total. The summed E-state index contributed by atoms with van der Waals surface area (Å²) in [5.74, 6) is 1.55. The minimum absolute atomic E-state index is 0.00389. The number of rotatable bonds is 2. The Balaban J connectivity index is 1.56. The fraction of sp³-hybridized carbons (Fsp3) is 0.353. The van der Waals surface area contributed by atoms with Crippen LogP contribution in [0.15, 0.2) is 35.3 Å². The molecule has 2 aromatic heterocycles. The zero-order valence-corrected chi connectivity index (χ0v) is 14.1. The Labute approximate surface area is 148 Å². The second-order valence-corrected chi connectivity index (χ2v) is 6.90. The molecule has 4 heterocycles. The van der Waals surface area contributed by atoms with Crippen molar-refractivity contribution in [2.75, 3.05) is 18.5 Å². The van der Waals surface area contributed by atoms with Crippen molar-refractivity contribution in [3.63, 3.8) is 0 Å². The fourth-order valence-electron chi connectivity index (χ4n) is 3.55. The van der Waals surface area contributed by atoms with Crippen molar-refractivity contribution in [3.8, 4) is 0 Å². The van der Waals surface area contributed by atoms with Crippen LogP contribution < -0.4 is 10.9 Å². The molecule has 2 aliphatic rings. The van der Waals surface area contributed by atoms with Crippen molar-refractivity contribution < 1.29 is 4.74 Å². The van der Waals surface area contributed by atoms with Crippen LogP contribution in [0.1, 0.15) is 29.8 Å². The molecule has 0 radical (unpaired) electrons. The second-order valence-electron chi connectivity index (χ2n) is 6.46. The molecule has 1 aromatic carbocycles. The SMILES string of the molecule is O=c1c2cnc([C@@H]3CCOC3)n2nc2n1C[C@H](c1ccc(Cl)cc1)N2. The van der Waals surface area contributed by atoms with Crippen molar-refractivity contribution in [2.45, 2.75) is 24.9 Å². The van der Waals surface area contributed by atoms with Crippen molar-refractivity contribution in [2.24, 2.45) is 0 Å². The summed E-state index contributed by atoms with van der Waals surface area (Å²) in [7, 11) is 0. The molecule has 128 valence electrons. The predicted octanol–water partition coefficient (Wildman–Crippen LogP) is 2.22. The molecule has 1 saturated heterocycles. The van der Waals surface area contributed by atoms with Gasteiger partial charge in [0.2, 0.25) is 5.95 Å². The zero-order valence-electron chi connectivity index (χ0n) is 13.4. The first kappa shape index (κ1) is 14.9. The Kier molecular flexibility index (Phi) is 3.33. The van der Waals surface area contributed by atoms with Gasteiger partial charge < -0.3 is 10.1 Å². The monoisotopic (exact) mass is 357 g/mol. The lowest BCUT2D eigenvalue weighted by Gasteiger charge is -2.09. The molecule has 3 aromatic rings. The Bertz CT molecular complexity index is 1000. The van der Waals surface area contributed by atoms with E-state index in [-0.39, 0.29) is 17.5 Å². The number of aromatic nitrogens is 4. The lowest BCUT2D eigenvalue weighted by molar-refractivity contribution is 0.193. The third-order valence-corrected chi connectivity index (χ3v) is 5.17. The van der Waals surface area contributed by atoms with E-state index in [4.69, 9.17) is 16.3 Å². The standard InChI is InChI=1S/C17H16ClN5O2/c18-12-3-1-10(2-4-12)13-8-22-16(24)14-7-19-15(11-5-6-25-9-11)23(14)21-17(22)20-13/h1-4,7,11,13H,5-6,8-9H2,(H,20,21)/t11-,13-/m1/s1. The molecule has 0 saturated carbocycles. The van der Waals surface area contributed by atoms with Gasteiger partial charge in [-0.3, -0.25) is 9.36 Å². The van der Waals surface area contributed by atoms with Crippen LogP contribution in [0.2, 0.25) is 5.02 Å². The molecule has 0 aliphatic carbocycles. The molecule has 8 heteroatoms.